The maximum absolute atomic E-state index is 11.7. The van der Waals surface area contributed by atoms with Crippen molar-refractivity contribution in [2.75, 3.05) is 12.8 Å². The summed E-state index contributed by atoms with van der Waals surface area (Å²) in [5, 5.41) is 0.710. The molecule has 2 aromatic rings. The smallest absolute Gasteiger partial charge is 0.339 e. The van der Waals surface area contributed by atoms with Crippen LogP contribution in [0.2, 0.25) is 5.02 Å². The molecular weight excluding hydrogens is 294 g/mol. The standard InChI is InChI=1S/C15H14ClNO2S/c1-19-15(18)13-8-12(17)6-7-14(13)20-9-10-2-4-11(16)5-3-10/h2-8H,9,17H2,1H3. The highest BCUT2D eigenvalue weighted by Gasteiger charge is 2.12. The summed E-state index contributed by atoms with van der Waals surface area (Å²) in [6, 6.07) is 12.9. The molecule has 5 heteroatoms. The van der Waals surface area contributed by atoms with Crippen molar-refractivity contribution in [1.82, 2.24) is 0 Å². The number of ether oxygens (including phenoxy) is 1. The van der Waals surface area contributed by atoms with Gasteiger partial charge < -0.3 is 10.5 Å². The molecule has 0 bridgehead atoms. The minimum absolute atomic E-state index is 0.379. The summed E-state index contributed by atoms with van der Waals surface area (Å²) in [7, 11) is 1.36. The topological polar surface area (TPSA) is 52.3 Å². The van der Waals surface area contributed by atoms with E-state index < -0.39 is 0 Å². The van der Waals surface area contributed by atoms with Gasteiger partial charge >= 0.3 is 5.97 Å². The summed E-state index contributed by atoms with van der Waals surface area (Å²) in [5.74, 6) is 0.362. The highest BCUT2D eigenvalue weighted by Crippen LogP contribution is 2.28. The first-order valence-electron chi connectivity index (χ1n) is 5.95. The minimum Gasteiger partial charge on any atom is -0.465 e. The third kappa shape index (κ3) is 3.68. The van der Waals surface area contributed by atoms with E-state index in [2.05, 4.69) is 0 Å². The van der Waals surface area contributed by atoms with Gasteiger partial charge in [0.2, 0.25) is 0 Å². The second-order valence-corrected chi connectivity index (χ2v) is 5.62. The van der Waals surface area contributed by atoms with Crippen molar-refractivity contribution in [1.29, 1.82) is 0 Å². The average molecular weight is 308 g/mol. The summed E-state index contributed by atoms with van der Waals surface area (Å²) in [6.45, 7) is 0. The molecule has 0 spiro atoms. The Balaban J connectivity index is 2.16. The van der Waals surface area contributed by atoms with Crippen LogP contribution in [0.3, 0.4) is 0 Å². The lowest BCUT2D eigenvalue weighted by atomic mass is 10.2. The van der Waals surface area contributed by atoms with Gasteiger partial charge in [0, 0.05) is 21.4 Å². The molecule has 0 aromatic heterocycles. The predicted octanol–water partition coefficient (Wildman–Crippen LogP) is 4.00. The zero-order valence-electron chi connectivity index (χ0n) is 10.9. The van der Waals surface area contributed by atoms with Crippen molar-refractivity contribution < 1.29 is 9.53 Å². The fraction of sp³-hybridized carbons (Fsp3) is 0.133. The lowest BCUT2D eigenvalue weighted by Crippen LogP contribution is -2.04. The molecule has 0 fully saturated rings. The molecule has 104 valence electrons. The third-order valence-corrected chi connectivity index (χ3v) is 4.11. The first-order valence-corrected chi connectivity index (χ1v) is 7.31. The molecule has 0 radical (unpaired) electrons. The number of hydrogen-bond donors (Lipinski definition) is 1. The number of nitrogens with two attached hydrogens (primary N) is 1. The van der Waals surface area contributed by atoms with Gasteiger partial charge in [0.25, 0.3) is 0 Å². The molecule has 0 saturated carbocycles. The maximum atomic E-state index is 11.7. The normalized spacial score (nSPS) is 10.3. The highest BCUT2D eigenvalue weighted by atomic mass is 35.5. The van der Waals surface area contributed by atoms with Gasteiger partial charge in [-0.2, -0.15) is 0 Å². The van der Waals surface area contributed by atoms with E-state index in [-0.39, 0.29) is 5.97 Å². The number of methoxy groups -OCH3 is 1. The Kier molecular flexibility index (Phi) is 4.93. The van der Waals surface area contributed by atoms with Crippen molar-refractivity contribution in [3.05, 3.63) is 58.6 Å². The quantitative estimate of drug-likeness (QED) is 0.527. The second kappa shape index (κ2) is 6.68. The molecule has 20 heavy (non-hydrogen) atoms. The van der Waals surface area contributed by atoms with Crippen LogP contribution in [-0.4, -0.2) is 13.1 Å². The molecule has 0 atom stereocenters. The summed E-state index contributed by atoms with van der Waals surface area (Å²) in [6.07, 6.45) is 0. The minimum atomic E-state index is -0.379. The van der Waals surface area contributed by atoms with E-state index in [0.717, 1.165) is 16.2 Å². The number of benzene rings is 2. The Morgan fingerprint density at radius 1 is 1.25 bits per heavy atom. The number of esters is 1. The number of carbonyl (C=O) groups is 1. The molecular formula is C15H14ClNO2S. The molecule has 2 aromatic carbocycles. The lowest BCUT2D eigenvalue weighted by molar-refractivity contribution is 0.0597. The fourth-order valence-corrected chi connectivity index (χ4v) is 2.79. The van der Waals surface area contributed by atoms with Crippen LogP contribution in [0.5, 0.6) is 0 Å². The SMILES string of the molecule is COC(=O)c1cc(N)ccc1SCc1ccc(Cl)cc1. The molecule has 0 aliphatic heterocycles. The summed E-state index contributed by atoms with van der Waals surface area (Å²) in [4.78, 5) is 12.6. The van der Waals surface area contributed by atoms with E-state index in [1.165, 1.54) is 7.11 Å². The van der Waals surface area contributed by atoms with Gasteiger partial charge in [-0.05, 0) is 35.9 Å². The van der Waals surface area contributed by atoms with Crippen LogP contribution in [-0.2, 0) is 10.5 Å². The first kappa shape index (κ1) is 14.8. The molecule has 2 N–H and O–H groups in total. The number of thioether (sulfide) groups is 1. The van der Waals surface area contributed by atoms with E-state index in [9.17, 15) is 4.79 Å². The zero-order valence-corrected chi connectivity index (χ0v) is 12.5. The van der Waals surface area contributed by atoms with E-state index in [1.807, 2.05) is 30.3 Å². The number of halogens is 1. The highest BCUT2D eigenvalue weighted by molar-refractivity contribution is 7.98. The Labute approximate surface area is 127 Å². The van der Waals surface area contributed by atoms with Crippen LogP contribution in [0, 0.1) is 0 Å². The number of carbonyl (C=O) groups excluding carboxylic acids is 1. The van der Waals surface area contributed by atoms with Gasteiger partial charge in [-0.1, -0.05) is 23.7 Å². The zero-order chi connectivity index (χ0) is 14.5. The van der Waals surface area contributed by atoms with Crippen molar-refractivity contribution >= 4 is 35.0 Å². The molecule has 0 saturated heterocycles. The van der Waals surface area contributed by atoms with Crippen LogP contribution in [0.4, 0.5) is 5.69 Å². The molecule has 0 unspecified atom stereocenters. The molecule has 0 amide bonds. The van der Waals surface area contributed by atoms with Gasteiger partial charge in [-0.15, -0.1) is 11.8 Å². The molecule has 0 heterocycles. The van der Waals surface area contributed by atoms with Crippen molar-refractivity contribution in [3.63, 3.8) is 0 Å². The van der Waals surface area contributed by atoms with Crippen LogP contribution >= 0.6 is 23.4 Å². The second-order valence-electron chi connectivity index (χ2n) is 4.16. The molecule has 0 aliphatic carbocycles. The number of anilines is 1. The van der Waals surface area contributed by atoms with Crippen LogP contribution in [0.25, 0.3) is 0 Å². The largest absolute Gasteiger partial charge is 0.465 e. The number of nitrogen functional groups attached to an aromatic ring is 1. The first-order chi connectivity index (χ1) is 9.60. The lowest BCUT2D eigenvalue weighted by Gasteiger charge is -2.08. The van der Waals surface area contributed by atoms with Gasteiger partial charge in [0.15, 0.2) is 0 Å². The van der Waals surface area contributed by atoms with Gasteiger partial charge in [-0.25, -0.2) is 4.79 Å². The van der Waals surface area contributed by atoms with Gasteiger partial charge in [0.05, 0.1) is 12.7 Å². The van der Waals surface area contributed by atoms with E-state index >= 15 is 0 Å². The van der Waals surface area contributed by atoms with Crippen molar-refractivity contribution in [2.24, 2.45) is 0 Å². The monoisotopic (exact) mass is 307 g/mol. The Morgan fingerprint density at radius 3 is 2.60 bits per heavy atom. The average Bonchev–Trinajstić information content (AvgIpc) is 2.46. The Hall–Kier alpha value is -1.65. The Morgan fingerprint density at radius 2 is 1.95 bits per heavy atom. The van der Waals surface area contributed by atoms with Gasteiger partial charge in [-0.3, -0.25) is 0 Å². The molecule has 0 aliphatic rings. The summed E-state index contributed by atoms with van der Waals surface area (Å²) in [5.41, 5.74) is 7.88. The Bertz CT molecular complexity index is 614. The molecule has 3 nitrogen and oxygen atoms in total. The maximum Gasteiger partial charge on any atom is 0.339 e. The van der Waals surface area contributed by atoms with Crippen LogP contribution in [0.1, 0.15) is 15.9 Å². The fourth-order valence-electron chi connectivity index (χ4n) is 1.68. The summed E-state index contributed by atoms with van der Waals surface area (Å²) < 4.78 is 4.77. The third-order valence-electron chi connectivity index (χ3n) is 2.72. The number of rotatable bonds is 4. The van der Waals surface area contributed by atoms with Crippen LogP contribution in [0.15, 0.2) is 47.4 Å². The van der Waals surface area contributed by atoms with Gasteiger partial charge in [0.1, 0.15) is 0 Å². The molecule has 2 rings (SSSR count). The predicted molar refractivity (Wildman–Crippen MR) is 83.2 cm³/mol. The van der Waals surface area contributed by atoms with E-state index in [0.29, 0.717) is 16.3 Å². The number of hydrogen-bond acceptors (Lipinski definition) is 4. The van der Waals surface area contributed by atoms with Crippen LogP contribution < -0.4 is 5.73 Å². The van der Waals surface area contributed by atoms with Crippen molar-refractivity contribution in [2.45, 2.75) is 10.6 Å². The van der Waals surface area contributed by atoms with E-state index in [4.69, 9.17) is 22.1 Å². The van der Waals surface area contributed by atoms with Crippen molar-refractivity contribution in [3.8, 4) is 0 Å². The summed E-state index contributed by atoms with van der Waals surface area (Å²) >= 11 is 7.41. The van der Waals surface area contributed by atoms with E-state index in [1.54, 1.807) is 23.9 Å².